The van der Waals surface area contributed by atoms with Gasteiger partial charge >= 0.3 is 0 Å². The van der Waals surface area contributed by atoms with Crippen molar-refractivity contribution in [2.24, 2.45) is 0 Å². The Hall–Kier alpha value is -3.73. The number of nitrogens with one attached hydrogen (secondary N) is 1. The number of rotatable bonds is 8. The smallest absolute Gasteiger partial charge is 0.253 e. The highest BCUT2D eigenvalue weighted by molar-refractivity contribution is 7.91. The predicted octanol–water partition coefficient (Wildman–Crippen LogP) is 3.69. The van der Waals surface area contributed by atoms with E-state index in [-0.39, 0.29) is 36.3 Å². The largest absolute Gasteiger partial charge is 0.467 e. The van der Waals surface area contributed by atoms with Crippen molar-refractivity contribution in [3.8, 4) is 0 Å². The molecule has 4 aromatic rings. The van der Waals surface area contributed by atoms with Crippen molar-refractivity contribution in [3.05, 3.63) is 113 Å². The molecular weight excluding hydrogens is 522 g/mol. The highest BCUT2D eigenvalue weighted by Gasteiger charge is 2.43. The molecule has 2 aromatic carbocycles. The van der Waals surface area contributed by atoms with E-state index in [4.69, 9.17) is 4.42 Å². The Morgan fingerprint density at radius 1 is 0.921 bits per heavy atom. The van der Waals surface area contributed by atoms with Gasteiger partial charge in [-0.25, -0.2) is 8.42 Å². The summed E-state index contributed by atoms with van der Waals surface area (Å²) in [6, 6.07) is 24.5. The van der Waals surface area contributed by atoms with Gasteiger partial charge in [-0.3, -0.25) is 9.59 Å². The maximum Gasteiger partial charge on any atom is 0.253 e. The molecule has 1 N–H and O–H groups in total. The van der Waals surface area contributed by atoms with Crippen LogP contribution in [0.2, 0.25) is 0 Å². The van der Waals surface area contributed by atoms with E-state index in [2.05, 4.69) is 5.32 Å². The van der Waals surface area contributed by atoms with Gasteiger partial charge in [0.1, 0.15) is 16.0 Å². The molecule has 8 nitrogen and oxygen atoms in total. The first-order valence-corrected chi connectivity index (χ1v) is 14.5. The molecule has 0 radical (unpaired) electrons. The van der Waals surface area contributed by atoms with Gasteiger partial charge in [-0.05, 0) is 34.7 Å². The number of furan rings is 1. The third-order valence-corrected chi connectivity index (χ3v) is 9.81. The fourth-order valence-electron chi connectivity index (χ4n) is 4.65. The van der Waals surface area contributed by atoms with Gasteiger partial charge in [-0.15, -0.1) is 11.3 Å². The Bertz CT molecular complexity index is 1420. The van der Waals surface area contributed by atoms with Crippen molar-refractivity contribution in [3.63, 3.8) is 0 Å². The van der Waals surface area contributed by atoms with Crippen molar-refractivity contribution in [2.45, 2.75) is 22.7 Å². The zero-order valence-corrected chi connectivity index (χ0v) is 22.1. The molecule has 0 saturated carbocycles. The molecule has 1 aliphatic heterocycles. The lowest BCUT2D eigenvalue weighted by molar-refractivity contribution is -0.136. The summed E-state index contributed by atoms with van der Waals surface area (Å²) in [6.45, 7) is 0.214. The van der Waals surface area contributed by atoms with Crippen LogP contribution in [0.3, 0.4) is 0 Å². The van der Waals surface area contributed by atoms with Gasteiger partial charge in [0.2, 0.25) is 11.8 Å². The van der Waals surface area contributed by atoms with Crippen LogP contribution in [0.25, 0.3) is 0 Å². The lowest BCUT2D eigenvalue weighted by Crippen LogP contribution is -2.61. The highest BCUT2D eigenvalue weighted by Crippen LogP contribution is 2.30. The van der Waals surface area contributed by atoms with Crippen LogP contribution in [-0.2, 0) is 26.2 Å². The third-order valence-electron chi connectivity index (χ3n) is 6.53. The predicted molar refractivity (Wildman–Crippen MR) is 144 cm³/mol. The monoisotopic (exact) mass is 549 g/mol. The molecule has 3 heterocycles. The molecule has 5 rings (SSSR count). The van der Waals surface area contributed by atoms with Gasteiger partial charge in [-0.2, -0.15) is 4.31 Å². The lowest BCUT2D eigenvalue weighted by atomic mass is 9.89. The molecule has 0 spiro atoms. The number of carbonyl (C=O) groups excluding carboxylic acids is 2. The molecule has 0 bridgehead atoms. The van der Waals surface area contributed by atoms with Crippen molar-refractivity contribution in [1.82, 2.24) is 14.5 Å². The van der Waals surface area contributed by atoms with Crippen LogP contribution < -0.4 is 5.32 Å². The number of hydrogen-bond donors (Lipinski definition) is 1. The summed E-state index contributed by atoms with van der Waals surface area (Å²) in [6.07, 6.45) is 1.50. The minimum atomic E-state index is -3.93. The molecule has 1 saturated heterocycles. The maximum atomic E-state index is 14.0. The standard InChI is InChI=1S/C28H27N3O5S2/c32-27(29-19-23-13-7-17-36-23)24-20-30(15-16-31(24)38(34,35)25-14-8-18-37-25)28(33)26(21-9-3-1-4-10-21)22-11-5-2-6-12-22/h1-14,17-18,24,26H,15-16,19-20H2,(H,29,32). The highest BCUT2D eigenvalue weighted by atomic mass is 32.2. The zero-order chi connectivity index (χ0) is 26.5. The van der Waals surface area contributed by atoms with Crippen LogP contribution in [0.5, 0.6) is 0 Å². The number of benzene rings is 2. The van der Waals surface area contributed by atoms with Crippen LogP contribution in [-0.4, -0.2) is 55.1 Å². The molecule has 1 fully saturated rings. The summed E-state index contributed by atoms with van der Waals surface area (Å²) < 4.78 is 33.6. The summed E-state index contributed by atoms with van der Waals surface area (Å²) in [4.78, 5) is 29.0. The third kappa shape index (κ3) is 5.42. The van der Waals surface area contributed by atoms with Crippen LogP contribution in [0.4, 0.5) is 0 Å². The van der Waals surface area contributed by atoms with Gasteiger partial charge in [0.05, 0.1) is 18.7 Å². The number of carbonyl (C=O) groups is 2. The minimum absolute atomic E-state index is 0.00110. The first kappa shape index (κ1) is 25.9. The number of piperazine rings is 1. The molecule has 10 heteroatoms. The number of amides is 2. The molecule has 2 aromatic heterocycles. The van der Waals surface area contributed by atoms with Crippen molar-refractivity contribution in [1.29, 1.82) is 0 Å². The summed E-state index contributed by atoms with van der Waals surface area (Å²) in [5.41, 5.74) is 1.66. The Morgan fingerprint density at radius 3 is 2.18 bits per heavy atom. The summed E-state index contributed by atoms with van der Waals surface area (Å²) >= 11 is 1.10. The number of nitrogens with zero attached hydrogens (tertiary/aromatic N) is 2. The van der Waals surface area contributed by atoms with E-state index in [9.17, 15) is 18.0 Å². The van der Waals surface area contributed by atoms with Crippen LogP contribution in [0, 0.1) is 0 Å². The lowest BCUT2D eigenvalue weighted by Gasteiger charge is -2.40. The Kier molecular flexibility index (Phi) is 7.73. The maximum absolute atomic E-state index is 14.0. The van der Waals surface area contributed by atoms with Gasteiger partial charge in [0.25, 0.3) is 10.0 Å². The van der Waals surface area contributed by atoms with E-state index in [0.717, 1.165) is 22.5 Å². The van der Waals surface area contributed by atoms with Gasteiger partial charge < -0.3 is 14.6 Å². The first-order chi connectivity index (χ1) is 18.4. The normalized spacial score (nSPS) is 16.4. The topological polar surface area (TPSA) is 99.9 Å². The second-order valence-electron chi connectivity index (χ2n) is 8.90. The number of hydrogen-bond acceptors (Lipinski definition) is 6. The zero-order valence-electron chi connectivity index (χ0n) is 20.5. The van der Waals surface area contributed by atoms with Crippen LogP contribution in [0.1, 0.15) is 22.8 Å². The SMILES string of the molecule is O=C(NCc1ccco1)C1CN(C(=O)C(c2ccccc2)c2ccccc2)CCN1S(=O)(=O)c1cccs1. The Balaban J connectivity index is 1.44. The second kappa shape index (κ2) is 11.3. The Labute approximate surface area is 225 Å². The average molecular weight is 550 g/mol. The summed E-state index contributed by atoms with van der Waals surface area (Å²) in [5, 5.41) is 4.46. The van der Waals surface area contributed by atoms with Gasteiger partial charge in [-0.1, -0.05) is 66.7 Å². The van der Waals surface area contributed by atoms with Crippen LogP contribution >= 0.6 is 11.3 Å². The van der Waals surface area contributed by atoms with E-state index in [0.29, 0.717) is 5.76 Å². The summed E-state index contributed by atoms with van der Waals surface area (Å²) in [5.74, 6) is -0.706. The summed E-state index contributed by atoms with van der Waals surface area (Å²) in [7, 11) is -3.93. The molecule has 1 atom stereocenters. The van der Waals surface area contributed by atoms with E-state index in [1.165, 1.54) is 16.6 Å². The van der Waals surface area contributed by atoms with Crippen molar-refractivity contribution in [2.75, 3.05) is 19.6 Å². The average Bonchev–Trinajstić information content (AvgIpc) is 3.68. The fraction of sp³-hybridized carbons (Fsp3) is 0.214. The molecule has 2 amide bonds. The molecule has 0 aliphatic carbocycles. The molecular formula is C28H27N3O5S2. The van der Waals surface area contributed by atoms with Crippen molar-refractivity contribution < 1.29 is 22.4 Å². The number of sulfonamides is 1. The van der Waals surface area contributed by atoms with Gasteiger partial charge in [0, 0.05) is 19.6 Å². The number of thiophene rings is 1. The van der Waals surface area contributed by atoms with E-state index in [1.807, 2.05) is 60.7 Å². The van der Waals surface area contributed by atoms with Crippen molar-refractivity contribution >= 4 is 33.2 Å². The van der Waals surface area contributed by atoms with Gasteiger partial charge in [0.15, 0.2) is 0 Å². The second-order valence-corrected chi connectivity index (χ2v) is 12.0. The molecule has 1 aliphatic rings. The fourth-order valence-corrected chi connectivity index (χ4v) is 7.34. The van der Waals surface area contributed by atoms with E-state index in [1.54, 1.807) is 28.5 Å². The van der Waals surface area contributed by atoms with Crippen LogP contribution in [0.15, 0.2) is 105 Å². The molecule has 196 valence electrons. The molecule has 1 unspecified atom stereocenters. The minimum Gasteiger partial charge on any atom is -0.467 e. The molecule has 38 heavy (non-hydrogen) atoms. The Morgan fingerprint density at radius 2 is 1.61 bits per heavy atom. The first-order valence-electron chi connectivity index (χ1n) is 12.2. The van der Waals surface area contributed by atoms with E-state index < -0.39 is 27.9 Å². The quantitative estimate of drug-likeness (QED) is 0.361. The van der Waals surface area contributed by atoms with E-state index >= 15 is 0 Å².